The number of ketones is 1. The Bertz CT molecular complexity index is 788. The highest BCUT2D eigenvalue weighted by Crippen LogP contribution is 2.40. The topological polar surface area (TPSA) is 75.6 Å². The number of ether oxygens (including phenoxy) is 1. The van der Waals surface area contributed by atoms with Crippen LogP contribution >= 0.6 is 0 Å². The Morgan fingerprint density at radius 1 is 1.26 bits per heavy atom. The Morgan fingerprint density at radius 3 is 2.61 bits per heavy atom. The van der Waals surface area contributed by atoms with Gasteiger partial charge in [-0.1, -0.05) is 0 Å². The van der Waals surface area contributed by atoms with Crippen LogP contribution in [-0.4, -0.2) is 23.9 Å². The Hall–Kier alpha value is -2.73. The van der Waals surface area contributed by atoms with Crippen molar-refractivity contribution in [2.75, 3.05) is 12.4 Å². The fourth-order valence-electron chi connectivity index (χ4n) is 2.60. The highest BCUT2D eigenvalue weighted by molar-refractivity contribution is 6.09. The summed E-state index contributed by atoms with van der Waals surface area (Å²) in [5.41, 5.74) is -1.03. The van der Waals surface area contributed by atoms with Crippen molar-refractivity contribution in [3.63, 3.8) is 0 Å². The lowest BCUT2D eigenvalue weighted by molar-refractivity contribution is -0.133. The molecule has 1 amide bonds. The second-order valence-electron chi connectivity index (χ2n) is 5.33. The molecular weight excluding hydrogens is 301 g/mol. The summed E-state index contributed by atoms with van der Waals surface area (Å²) in [5.74, 6) is -1.13. The van der Waals surface area contributed by atoms with Gasteiger partial charge < -0.3 is 15.2 Å². The molecule has 5 nitrogen and oxygen atoms in total. The van der Waals surface area contributed by atoms with Gasteiger partial charge >= 0.3 is 0 Å². The van der Waals surface area contributed by atoms with Crippen molar-refractivity contribution in [3.8, 4) is 5.75 Å². The first-order valence-corrected chi connectivity index (χ1v) is 6.95. The molecule has 0 radical (unpaired) electrons. The highest BCUT2D eigenvalue weighted by Gasteiger charge is 2.47. The zero-order valence-electron chi connectivity index (χ0n) is 12.3. The molecule has 0 spiro atoms. The van der Waals surface area contributed by atoms with Crippen LogP contribution in [0.4, 0.5) is 10.1 Å². The van der Waals surface area contributed by atoms with Crippen LogP contribution in [0.15, 0.2) is 42.5 Å². The molecule has 23 heavy (non-hydrogen) atoms. The van der Waals surface area contributed by atoms with Gasteiger partial charge in [0.05, 0.1) is 13.5 Å². The SMILES string of the molecule is COc1ccc2c(c1)[C@](O)(CC(=O)c1ccc(F)cc1)C(=O)N2. The summed E-state index contributed by atoms with van der Waals surface area (Å²) in [5, 5.41) is 13.3. The first-order valence-electron chi connectivity index (χ1n) is 6.95. The van der Waals surface area contributed by atoms with Gasteiger partial charge in [-0.15, -0.1) is 0 Å². The van der Waals surface area contributed by atoms with Crippen LogP contribution in [0.5, 0.6) is 5.75 Å². The van der Waals surface area contributed by atoms with Crippen molar-refractivity contribution in [3.05, 3.63) is 59.4 Å². The van der Waals surface area contributed by atoms with E-state index in [1.807, 2.05) is 0 Å². The van der Waals surface area contributed by atoms with Gasteiger partial charge in [0.2, 0.25) is 0 Å². The fraction of sp³-hybridized carbons (Fsp3) is 0.176. The number of anilines is 1. The molecule has 0 unspecified atom stereocenters. The van der Waals surface area contributed by atoms with Gasteiger partial charge in [-0.05, 0) is 42.5 Å². The second kappa shape index (κ2) is 5.48. The molecule has 0 aromatic heterocycles. The van der Waals surface area contributed by atoms with E-state index in [0.717, 1.165) is 12.1 Å². The van der Waals surface area contributed by atoms with Crippen LogP contribution in [0.2, 0.25) is 0 Å². The normalized spacial score (nSPS) is 19.2. The number of benzene rings is 2. The molecule has 1 aliphatic heterocycles. The quantitative estimate of drug-likeness (QED) is 0.849. The maximum absolute atomic E-state index is 12.9. The molecule has 0 fully saturated rings. The number of rotatable bonds is 4. The van der Waals surface area contributed by atoms with Crippen molar-refractivity contribution in [1.82, 2.24) is 0 Å². The summed E-state index contributed by atoms with van der Waals surface area (Å²) < 4.78 is 18.0. The van der Waals surface area contributed by atoms with Crippen molar-refractivity contribution >= 4 is 17.4 Å². The third kappa shape index (κ3) is 2.57. The van der Waals surface area contributed by atoms with Gasteiger partial charge in [-0.2, -0.15) is 0 Å². The number of methoxy groups -OCH3 is 1. The molecule has 2 aromatic rings. The Kier molecular flexibility index (Phi) is 3.61. The van der Waals surface area contributed by atoms with E-state index >= 15 is 0 Å². The number of hydrogen-bond donors (Lipinski definition) is 2. The van der Waals surface area contributed by atoms with Crippen LogP contribution in [0, 0.1) is 5.82 Å². The number of amides is 1. The third-order valence-corrected chi connectivity index (χ3v) is 3.88. The summed E-state index contributed by atoms with van der Waals surface area (Å²) in [6.07, 6.45) is -0.440. The number of halogens is 1. The zero-order chi connectivity index (χ0) is 16.6. The summed E-state index contributed by atoms with van der Waals surface area (Å²) in [7, 11) is 1.47. The summed E-state index contributed by atoms with van der Waals surface area (Å²) in [4.78, 5) is 24.5. The number of carbonyl (C=O) groups excluding carboxylic acids is 2. The smallest absolute Gasteiger partial charge is 0.261 e. The Labute approximate surface area is 131 Å². The van der Waals surface area contributed by atoms with E-state index in [-0.39, 0.29) is 11.1 Å². The monoisotopic (exact) mass is 315 g/mol. The molecule has 0 aliphatic carbocycles. The van der Waals surface area contributed by atoms with Crippen molar-refractivity contribution in [2.45, 2.75) is 12.0 Å². The summed E-state index contributed by atoms with van der Waals surface area (Å²) >= 11 is 0. The average molecular weight is 315 g/mol. The highest BCUT2D eigenvalue weighted by atomic mass is 19.1. The Balaban J connectivity index is 1.94. The van der Waals surface area contributed by atoms with Crippen molar-refractivity contribution in [1.29, 1.82) is 0 Å². The predicted molar refractivity (Wildman–Crippen MR) is 80.9 cm³/mol. The molecular formula is C17H14FNO4. The lowest BCUT2D eigenvalue weighted by Gasteiger charge is -2.20. The minimum atomic E-state index is -1.98. The maximum Gasteiger partial charge on any atom is 0.261 e. The lowest BCUT2D eigenvalue weighted by Crippen LogP contribution is -2.36. The average Bonchev–Trinajstić information content (AvgIpc) is 2.78. The van der Waals surface area contributed by atoms with Crippen molar-refractivity contribution < 1.29 is 23.8 Å². The van der Waals surface area contributed by atoms with E-state index in [1.165, 1.54) is 25.3 Å². The van der Waals surface area contributed by atoms with Gasteiger partial charge in [0, 0.05) is 16.8 Å². The van der Waals surface area contributed by atoms with Gasteiger partial charge in [0.1, 0.15) is 11.6 Å². The van der Waals surface area contributed by atoms with Crippen LogP contribution in [0.25, 0.3) is 0 Å². The number of carbonyl (C=O) groups is 2. The largest absolute Gasteiger partial charge is 0.497 e. The molecule has 1 heterocycles. The molecule has 2 N–H and O–H groups in total. The van der Waals surface area contributed by atoms with Gasteiger partial charge in [0.15, 0.2) is 11.4 Å². The second-order valence-corrected chi connectivity index (χ2v) is 5.33. The molecule has 3 rings (SSSR count). The number of Topliss-reactive ketones (excluding diaryl/α,β-unsaturated/α-hetero) is 1. The molecule has 0 saturated carbocycles. The van der Waals surface area contributed by atoms with Crippen LogP contribution in [0.1, 0.15) is 22.3 Å². The molecule has 0 saturated heterocycles. The number of aliphatic hydroxyl groups is 1. The third-order valence-electron chi connectivity index (χ3n) is 3.88. The molecule has 118 valence electrons. The number of hydrogen-bond acceptors (Lipinski definition) is 4. The van der Waals surface area contributed by atoms with E-state index < -0.39 is 29.5 Å². The van der Waals surface area contributed by atoms with E-state index in [1.54, 1.807) is 12.1 Å². The number of nitrogens with one attached hydrogen (secondary N) is 1. The first kappa shape index (κ1) is 15.2. The summed E-state index contributed by atoms with van der Waals surface area (Å²) in [6, 6.07) is 9.72. The number of fused-ring (bicyclic) bond motifs is 1. The molecule has 2 aromatic carbocycles. The van der Waals surface area contributed by atoms with Crippen molar-refractivity contribution in [2.24, 2.45) is 0 Å². The zero-order valence-corrected chi connectivity index (χ0v) is 12.3. The van der Waals surface area contributed by atoms with E-state index in [9.17, 15) is 19.1 Å². The minimum Gasteiger partial charge on any atom is -0.497 e. The van der Waals surface area contributed by atoms with Crippen LogP contribution in [-0.2, 0) is 10.4 Å². The predicted octanol–water partition coefficient (Wildman–Crippen LogP) is 2.25. The molecule has 1 atom stereocenters. The minimum absolute atomic E-state index is 0.226. The van der Waals surface area contributed by atoms with Crippen LogP contribution < -0.4 is 10.1 Å². The molecule has 6 heteroatoms. The Morgan fingerprint density at radius 2 is 1.96 bits per heavy atom. The van der Waals surface area contributed by atoms with Gasteiger partial charge in [-0.25, -0.2) is 4.39 Å². The van der Waals surface area contributed by atoms with E-state index in [0.29, 0.717) is 11.4 Å². The first-order chi connectivity index (χ1) is 10.9. The summed E-state index contributed by atoms with van der Waals surface area (Å²) in [6.45, 7) is 0. The van der Waals surface area contributed by atoms with E-state index in [4.69, 9.17) is 4.74 Å². The van der Waals surface area contributed by atoms with Crippen LogP contribution in [0.3, 0.4) is 0 Å². The standard InChI is InChI=1S/C17H14FNO4/c1-23-12-6-7-14-13(8-12)17(22,16(21)19-14)9-15(20)10-2-4-11(18)5-3-10/h2-8,22H,9H2,1H3,(H,19,21)/t17-/m1/s1. The molecule has 0 bridgehead atoms. The van der Waals surface area contributed by atoms with Gasteiger partial charge in [-0.3, -0.25) is 9.59 Å². The maximum atomic E-state index is 12.9. The van der Waals surface area contributed by atoms with E-state index in [2.05, 4.69) is 5.32 Å². The molecule has 1 aliphatic rings. The van der Waals surface area contributed by atoms with Gasteiger partial charge in [0.25, 0.3) is 5.91 Å². The fourth-order valence-corrected chi connectivity index (χ4v) is 2.60. The lowest BCUT2D eigenvalue weighted by atomic mass is 9.88.